The van der Waals surface area contributed by atoms with Crippen LogP contribution >= 0.6 is 0 Å². The van der Waals surface area contributed by atoms with E-state index in [9.17, 15) is 14.4 Å². The fraction of sp³-hybridized carbons (Fsp3) is 0. The van der Waals surface area contributed by atoms with E-state index in [1.165, 1.54) is 0 Å². The molecule has 0 aliphatic rings. The van der Waals surface area contributed by atoms with Gasteiger partial charge in [-0.2, -0.15) is 0 Å². The molecule has 0 spiro atoms. The number of aromatic carboxylic acids is 3. The van der Waals surface area contributed by atoms with Gasteiger partial charge >= 0.3 is 17.9 Å². The molecular formula is C8H5NO6. The van der Waals surface area contributed by atoms with E-state index in [4.69, 9.17) is 15.3 Å². The molecule has 0 radical (unpaired) electrons. The second-order valence-electron chi connectivity index (χ2n) is 2.50. The molecule has 0 bridgehead atoms. The maximum atomic E-state index is 10.7. The SMILES string of the molecule is O=C(O)c1ccnc(C(=O)O)c1C(=O)O. The van der Waals surface area contributed by atoms with Gasteiger partial charge in [-0.1, -0.05) is 0 Å². The Hall–Kier alpha value is -2.44. The zero-order valence-corrected chi connectivity index (χ0v) is 7.17. The van der Waals surface area contributed by atoms with Gasteiger partial charge in [0, 0.05) is 6.20 Å². The number of hydrogen-bond acceptors (Lipinski definition) is 4. The summed E-state index contributed by atoms with van der Waals surface area (Å²) >= 11 is 0. The lowest BCUT2D eigenvalue weighted by atomic mass is 10.1. The van der Waals surface area contributed by atoms with Gasteiger partial charge in [0.2, 0.25) is 0 Å². The lowest BCUT2D eigenvalue weighted by Gasteiger charge is -2.03. The van der Waals surface area contributed by atoms with E-state index in [1.807, 2.05) is 0 Å². The summed E-state index contributed by atoms with van der Waals surface area (Å²) in [5.41, 5.74) is -2.21. The predicted molar refractivity (Wildman–Crippen MR) is 45.1 cm³/mol. The Morgan fingerprint density at radius 3 is 2.00 bits per heavy atom. The van der Waals surface area contributed by atoms with E-state index in [2.05, 4.69) is 4.98 Å². The molecule has 3 N–H and O–H groups in total. The fourth-order valence-electron chi connectivity index (χ4n) is 1.02. The molecule has 78 valence electrons. The summed E-state index contributed by atoms with van der Waals surface area (Å²) in [6.45, 7) is 0. The van der Waals surface area contributed by atoms with Crippen molar-refractivity contribution in [1.29, 1.82) is 0 Å². The van der Waals surface area contributed by atoms with Crippen molar-refractivity contribution in [3.05, 3.63) is 29.1 Å². The molecule has 0 aliphatic heterocycles. The second-order valence-corrected chi connectivity index (χ2v) is 2.50. The van der Waals surface area contributed by atoms with Gasteiger partial charge in [0.25, 0.3) is 0 Å². The zero-order valence-electron chi connectivity index (χ0n) is 7.17. The van der Waals surface area contributed by atoms with E-state index >= 15 is 0 Å². The topological polar surface area (TPSA) is 125 Å². The lowest BCUT2D eigenvalue weighted by molar-refractivity contribution is 0.0629. The Labute approximate surface area is 82.6 Å². The van der Waals surface area contributed by atoms with Gasteiger partial charge in [0.15, 0.2) is 5.69 Å². The first-order chi connectivity index (χ1) is 6.95. The van der Waals surface area contributed by atoms with Crippen LogP contribution < -0.4 is 0 Å². The molecule has 0 atom stereocenters. The van der Waals surface area contributed by atoms with E-state index in [0.717, 1.165) is 12.3 Å². The molecule has 0 aromatic carbocycles. The first-order valence-electron chi connectivity index (χ1n) is 3.64. The van der Waals surface area contributed by atoms with E-state index in [-0.39, 0.29) is 0 Å². The summed E-state index contributed by atoms with van der Waals surface area (Å²) in [6, 6.07) is 0.929. The molecule has 0 unspecified atom stereocenters. The fourth-order valence-corrected chi connectivity index (χ4v) is 1.02. The first-order valence-corrected chi connectivity index (χ1v) is 3.64. The van der Waals surface area contributed by atoms with Crippen LogP contribution in [-0.2, 0) is 0 Å². The molecule has 15 heavy (non-hydrogen) atoms. The highest BCUT2D eigenvalue weighted by molar-refractivity contribution is 6.07. The number of carboxylic acids is 3. The number of nitrogens with zero attached hydrogens (tertiary/aromatic N) is 1. The molecule has 7 heteroatoms. The summed E-state index contributed by atoms with van der Waals surface area (Å²) in [6.07, 6.45) is 0.930. The van der Waals surface area contributed by atoms with Crippen LogP contribution in [0.2, 0.25) is 0 Å². The number of rotatable bonds is 3. The van der Waals surface area contributed by atoms with Crippen LogP contribution in [0.15, 0.2) is 12.3 Å². The Bertz CT molecular complexity index is 420. The molecule has 0 saturated carbocycles. The summed E-state index contributed by atoms with van der Waals surface area (Å²) in [4.78, 5) is 35.2. The maximum absolute atomic E-state index is 10.7. The smallest absolute Gasteiger partial charge is 0.355 e. The number of pyridine rings is 1. The zero-order chi connectivity index (χ0) is 11.6. The average Bonchev–Trinajstić information content (AvgIpc) is 2.16. The van der Waals surface area contributed by atoms with Crippen LogP contribution in [0, 0.1) is 0 Å². The molecule has 0 fully saturated rings. The van der Waals surface area contributed by atoms with Crippen LogP contribution in [0.5, 0.6) is 0 Å². The average molecular weight is 211 g/mol. The number of aromatic nitrogens is 1. The first kappa shape index (κ1) is 10.6. The molecule has 1 heterocycles. The highest BCUT2D eigenvalue weighted by Gasteiger charge is 2.24. The van der Waals surface area contributed by atoms with Crippen molar-refractivity contribution < 1.29 is 29.7 Å². The highest BCUT2D eigenvalue weighted by Crippen LogP contribution is 2.12. The minimum atomic E-state index is -1.64. The van der Waals surface area contributed by atoms with Crippen molar-refractivity contribution >= 4 is 17.9 Å². The van der Waals surface area contributed by atoms with E-state index in [1.54, 1.807) is 0 Å². The molecular weight excluding hydrogens is 206 g/mol. The third kappa shape index (κ3) is 1.90. The minimum absolute atomic E-state index is 0.602. The summed E-state index contributed by atoms with van der Waals surface area (Å²) in [5.74, 6) is -4.74. The summed E-state index contributed by atoms with van der Waals surface area (Å²) < 4.78 is 0. The molecule has 0 aliphatic carbocycles. The number of carboxylic acid groups (broad SMARTS) is 3. The normalized spacial score (nSPS) is 9.60. The van der Waals surface area contributed by atoms with Gasteiger partial charge in [-0.15, -0.1) is 0 Å². The van der Waals surface area contributed by atoms with E-state index in [0.29, 0.717) is 0 Å². The second kappa shape index (κ2) is 3.74. The molecule has 7 nitrogen and oxygen atoms in total. The van der Waals surface area contributed by atoms with Gasteiger partial charge in [-0.25, -0.2) is 19.4 Å². The van der Waals surface area contributed by atoms with Crippen LogP contribution in [-0.4, -0.2) is 38.2 Å². The third-order valence-electron chi connectivity index (χ3n) is 1.60. The quantitative estimate of drug-likeness (QED) is 0.650. The Morgan fingerprint density at radius 2 is 1.60 bits per heavy atom. The third-order valence-corrected chi connectivity index (χ3v) is 1.60. The van der Waals surface area contributed by atoms with Crippen LogP contribution in [0.1, 0.15) is 31.2 Å². The molecule has 1 rings (SSSR count). The van der Waals surface area contributed by atoms with Crippen molar-refractivity contribution in [3.8, 4) is 0 Å². The Kier molecular flexibility index (Phi) is 2.65. The predicted octanol–water partition coefficient (Wildman–Crippen LogP) is 0.176. The van der Waals surface area contributed by atoms with Gasteiger partial charge in [0.1, 0.15) is 5.56 Å². The molecule has 0 amide bonds. The van der Waals surface area contributed by atoms with Crippen molar-refractivity contribution in [3.63, 3.8) is 0 Å². The van der Waals surface area contributed by atoms with Gasteiger partial charge in [0.05, 0.1) is 5.56 Å². The monoisotopic (exact) mass is 211 g/mol. The standard InChI is InChI=1S/C8H5NO6/c10-6(11)3-1-2-9-5(8(14)15)4(3)7(12)13/h1-2H,(H,10,11)(H,12,13)(H,14,15). The molecule has 1 aromatic rings. The van der Waals surface area contributed by atoms with Crippen molar-refractivity contribution in [2.24, 2.45) is 0 Å². The van der Waals surface area contributed by atoms with Crippen LogP contribution in [0.25, 0.3) is 0 Å². The summed E-state index contributed by atoms with van der Waals surface area (Å²) in [5, 5.41) is 25.9. The lowest BCUT2D eigenvalue weighted by Crippen LogP contribution is -2.16. The molecule has 0 saturated heterocycles. The van der Waals surface area contributed by atoms with Crippen molar-refractivity contribution in [1.82, 2.24) is 4.98 Å². The van der Waals surface area contributed by atoms with Crippen molar-refractivity contribution in [2.75, 3.05) is 0 Å². The number of hydrogen-bond donors (Lipinski definition) is 3. The van der Waals surface area contributed by atoms with Gasteiger partial charge < -0.3 is 15.3 Å². The molecule has 1 aromatic heterocycles. The Balaban J connectivity index is 3.56. The van der Waals surface area contributed by atoms with Crippen molar-refractivity contribution in [2.45, 2.75) is 0 Å². The van der Waals surface area contributed by atoms with E-state index < -0.39 is 34.7 Å². The van der Waals surface area contributed by atoms with Gasteiger partial charge in [-0.3, -0.25) is 0 Å². The largest absolute Gasteiger partial charge is 0.478 e. The van der Waals surface area contributed by atoms with Crippen LogP contribution in [0.3, 0.4) is 0 Å². The minimum Gasteiger partial charge on any atom is -0.478 e. The highest BCUT2D eigenvalue weighted by atomic mass is 16.4. The maximum Gasteiger partial charge on any atom is 0.355 e. The number of carbonyl (C=O) groups is 3. The Morgan fingerprint density at radius 1 is 1.00 bits per heavy atom. The van der Waals surface area contributed by atoms with Gasteiger partial charge in [-0.05, 0) is 6.07 Å². The summed E-state index contributed by atoms with van der Waals surface area (Å²) in [7, 11) is 0. The van der Waals surface area contributed by atoms with Crippen LogP contribution in [0.4, 0.5) is 0 Å².